The van der Waals surface area contributed by atoms with E-state index in [1.807, 2.05) is 24.3 Å². The summed E-state index contributed by atoms with van der Waals surface area (Å²) in [5.41, 5.74) is 1.69. The lowest BCUT2D eigenvalue weighted by Crippen LogP contribution is -2.37. The average Bonchev–Trinajstić information content (AvgIpc) is 3.24. The Hall–Kier alpha value is -4.27. The van der Waals surface area contributed by atoms with Crippen LogP contribution in [0.3, 0.4) is 0 Å². The number of imidazole rings is 1. The Morgan fingerprint density at radius 2 is 1.85 bits per heavy atom. The molecule has 0 radical (unpaired) electrons. The first-order valence-electron chi connectivity index (χ1n) is 10.4. The van der Waals surface area contributed by atoms with E-state index < -0.39 is 23.4 Å². The first-order valence-corrected chi connectivity index (χ1v) is 10.4. The molecule has 0 aliphatic carbocycles. The highest BCUT2D eigenvalue weighted by atomic mass is 19.1. The zero-order chi connectivity index (χ0) is 23.4. The summed E-state index contributed by atoms with van der Waals surface area (Å²) in [5.74, 6) is -0.738. The summed E-state index contributed by atoms with van der Waals surface area (Å²) in [4.78, 5) is 45.4. The highest BCUT2D eigenvalue weighted by Crippen LogP contribution is 2.15. The Morgan fingerprint density at radius 1 is 1.09 bits per heavy atom. The topological polar surface area (TPSA) is 109 Å². The third kappa shape index (κ3) is 5.15. The lowest BCUT2D eigenvalue weighted by Gasteiger charge is -2.13. The quantitative estimate of drug-likeness (QED) is 0.405. The van der Waals surface area contributed by atoms with Crippen LogP contribution < -0.4 is 16.2 Å². The van der Waals surface area contributed by atoms with Crippen LogP contribution in [0.5, 0.6) is 0 Å². The van der Waals surface area contributed by atoms with Crippen molar-refractivity contribution >= 4 is 22.8 Å². The van der Waals surface area contributed by atoms with Crippen molar-refractivity contribution in [3.05, 3.63) is 100.0 Å². The number of hydrogen-bond acceptors (Lipinski definition) is 4. The van der Waals surface area contributed by atoms with Crippen molar-refractivity contribution in [1.82, 2.24) is 25.2 Å². The number of nitrogens with one attached hydrogen (secondary N) is 3. The molecule has 0 aliphatic rings. The van der Waals surface area contributed by atoms with Crippen molar-refractivity contribution < 1.29 is 14.0 Å². The molecule has 9 heteroatoms. The molecule has 168 valence electrons. The number of amides is 2. The molecule has 0 saturated carbocycles. The summed E-state index contributed by atoms with van der Waals surface area (Å²) in [7, 11) is 0. The normalized spacial score (nSPS) is 11.8. The number of para-hydroxylation sites is 2. The van der Waals surface area contributed by atoms with Crippen molar-refractivity contribution in [1.29, 1.82) is 0 Å². The van der Waals surface area contributed by atoms with E-state index in [0.717, 1.165) is 11.0 Å². The Kier molecular flexibility index (Phi) is 6.30. The van der Waals surface area contributed by atoms with Crippen LogP contribution in [-0.4, -0.2) is 26.3 Å². The van der Waals surface area contributed by atoms with E-state index >= 15 is 0 Å². The Bertz CT molecular complexity index is 1330. The van der Waals surface area contributed by atoms with Crippen molar-refractivity contribution in [2.45, 2.75) is 26.1 Å². The molecule has 2 aromatic carbocycles. The molecule has 1 unspecified atom stereocenters. The molecule has 8 nitrogen and oxygen atoms in total. The molecular weight excluding hydrogens is 425 g/mol. The molecule has 0 saturated heterocycles. The van der Waals surface area contributed by atoms with Gasteiger partial charge in [0.1, 0.15) is 23.7 Å². The largest absolute Gasteiger partial charge is 0.348 e. The maximum atomic E-state index is 13.0. The highest BCUT2D eigenvalue weighted by Gasteiger charge is 2.16. The second-order valence-electron chi connectivity index (χ2n) is 7.59. The van der Waals surface area contributed by atoms with Gasteiger partial charge in [-0.15, -0.1) is 0 Å². The predicted octanol–water partition coefficient (Wildman–Crippen LogP) is 2.67. The first-order chi connectivity index (χ1) is 15.9. The van der Waals surface area contributed by atoms with Crippen LogP contribution >= 0.6 is 0 Å². The number of carbonyl (C=O) groups is 2. The second-order valence-corrected chi connectivity index (χ2v) is 7.59. The molecule has 0 aliphatic heterocycles. The number of hydrogen-bond donors (Lipinski definition) is 3. The van der Waals surface area contributed by atoms with Gasteiger partial charge in [0.25, 0.3) is 11.5 Å². The summed E-state index contributed by atoms with van der Waals surface area (Å²) in [5, 5.41) is 5.44. The van der Waals surface area contributed by atoms with Crippen molar-refractivity contribution in [3.63, 3.8) is 0 Å². The van der Waals surface area contributed by atoms with Gasteiger partial charge in [0.2, 0.25) is 5.91 Å². The summed E-state index contributed by atoms with van der Waals surface area (Å²) < 4.78 is 14.2. The van der Waals surface area contributed by atoms with E-state index in [4.69, 9.17) is 0 Å². The summed E-state index contributed by atoms with van der Waals surface area (Å²) in [6, 6.07) is 15.8. The van der Waals surface area contributed by atoms with Crippen molar-refractivity contribution in [2.75, 3.05) is 0 Å². The van der Waals surface area contributed by atoms with Crippen LogP contribution in [0.2, 0.25) is 0 Å². The van der Waals surface area contributed by atoms with Gasteiger partial charge in [-0.2, -0.15) is 0 Å². The number of aromatic amines is 1. The Labute approximate surface area is 188 Å². The fraction of sp³-hybridized carbons (Fsp3) is 0.167. The standard InChI is InChI=1S/C24H22FN5O3/c1-15(22-28-19-6-2-3-7-20(19)29-22)27-21(31)14-30-12-4-5-18(24(30)33)23(32)26-13-16-8-10-17(25)11-9-16/h2-12,15H,13-14H2,1H3,(H,26,32)(H,27,31)(H,28,29). The third-order valence-corrected chi connectivity index (χ3v) is 5.14. The molecule has 2 amide bonds. The minimum atomic E-state index is -0.583. The summed E-state index contributed by atoms with van der Waals surface area (Å²) in [6.45, 7) is 1.68. The third-order valence-electron chi connectivity index (χ3n) is 5.14. The molecule has 33 heavy (non-hydrogen) atoms. The molecule has 2 aromatic heterocycles. The number of rotatable bonds is 7. The van der Waals surface area contributed by atoms with Crippen LogP contribution in [0.15, 0.2) is 71.7 Å². The van der Waals surface area contributed by atoms with Crippen LogP contribution in [0, 0.1) is 5.82 Å². The van der Waals surface area contributed by atoms with Crippen molar-refractivity contribution in [3.8, 4) is 0 Å². The number of nitrogens with zero attached hydrogens (tertiary/aromatic N) is 2. The van der Waals surface area contributed by atoms with E-state index in [0.29, 0.717) is 11.4 Å². The van der Waals surface area contributed by atoms with Gasteiger partial charge in [0.05, 0.1) is 17.1 Å². The van der Waals surface area contributed by atoms with E-state index in [1.54, 1.807) is 19.1 Å². The number of pyridine rings is 1. The lowest BCUT2D eigenvalue weighted by atomic mass is 10.2. The molecular formula is C24H22FN5O3. The zero-order valence-corrected chi connectivity index (χ0v) is 17.8. The minimum absolute atomic E-state index is 0.0854. The number of aromatic nitrogens is 3. The maximum absolute atomic E-state index is 13.0. The number of carbonyl (C=O) groups excluding carboxylic acids is 2. The van der Waals surface area contributed by atoms with Gasteiger partial charge >= 0.3 is 0 Å². The van der Waals surface area contributed by atoms with Crippen LogP contribution in [0.25, 0.3) is 11.0 Å². The number of fused-ring (bicyclic) bond motifs is 1. The smallest absolute Gasteiger partial charge is 0.263 e. The molecule has 3 N–H and O–H groups in total. The van der Waals surface area contributed by atoms with Crippen LogP contribution in [0.4, 0.5) is 4.39 Å². The fourth-order valence-electron chi connectivity index (χ4n) is 3.40. The lowest BCUT2D eigenvalue weighted by molar-refractivity contribution is -0.122. The zero-order valence-electron chi connectivity index (χ0n) is 17.8. The van der Waals surface area contributed by atoms with Gasteiger partial charge in [-0.05, 0) is 48.9 Å². The first kappa shape index (κ1) is 21.9. The number of H-pyrrole nitrogens is 1. The average molecular weight is 447 g/mol. The van der Waals surface area contributed by atoms with Crippen LogP contribution in [-0.2, 0) is 17.9 Å². The van der Waals surface area contributed by atoms with E-state index in [2.05, 4.69) is 20.6 Å². The fourth-order valence-corrected chi connectivity index (χ4v) is 3.40. The molecule has 4 aromatic rings. The molecule has 1 atom stereocenters. The Balaban J connectivity index is 1.40. The summed E-state index contributed by atoms with van der Waals surface area (Å²) in [6.07, 6.45) is 1.45. The second kappa shape index (κ2) is 9.47. The SMILES string of the molecule is CC(NC(=O)Cn1cccc(C(=O)NCc2ccc(F)cc2)c1=O)c1nc2ccccc2[nH]1. The van der Waals surface area contributed by atoms with Gasteiger partial charge in [0.15, 0.2) is 0 Å². The predicted molar refractivity (Wildman–Crippen MR) is 121 cm³/mol. The summed E-state index contributed by atoms with van der Waals surface area (Å²) >= 11 is 0. The van der Waals surface area contributed by atoms with Crippen molar-refractivity contribution in [2.24, 2.45) is 0 Å². The number of halogens is 1. The monoisotopic (exact) mass is 447 g/mol. The van der Waals surface area contributed by atoms with Gasteiger partial charge < -0.3 is 20.2 Å². The minimum Gasteiger partial charge on any atom is -0.348 e. The van der Waals surface area contributed by atoms with Gasteiger partial charge in [-0.3, -0.25) is 14.4 Å². The van der Waals surface area contributed by atoms with Gasteiger partial charge in [0, 0.05) is 12.7 Å². The molecule has 0 bridgehead atoms. The molecule has 2 heterocycles. The molecule has 0 spiro atoms. The highest BCUT2D eigenvalue weighted by molar-refractivity contribution is 5.93. The molecule has 4 rings (SSSR count). The van der Waals surface area contributed by atoms with E-state index in [9.17, 15) is 18.8 Å². The van der Waals surface area contributed by atoms with E-state index in [1.165, 1.54) is 35.0 Å². The van der Waals surface area contributed by atoms with Gasteiger partial charge in [-0.25, -0.2) is 9.37 Å². The number of benzene rings is 2. The van der Waals surface area contributed by atoms with Crippen LogP contribution in [0.1, 0.15) is 34.7 Å². The molecule has 0 fully saturated rings. The van der Waals surface area contributed by atoms with Gasteiger partial charge in [-0.1, -0.05) is 24.3 Å². The maximum Gasteiger partial charge on any atom is 0.263 e. The Morgan fingerprint density at radius 3 is 2.61 bits per heavy atom. The van der Waals surface area contributed by atoms with E-state index in [-0.39, 0.29) is 24.5 Å².